The van der Waals surface area contributed by atoms with Crippen molar-refractivity contribution in [1.82, 2.24) is 20.1 Å². The van der Waals surface area contributed by atoms with Gasteiger partial charge < -0.3 is 5.32 Å². The van der Waals surface area contributed by atoms with Crippen LogP contribution in [0.15, 0.2) is 77.3 Å². The third kappa shape index (κ3) is 4.98. The van der Waals surface area contributed by atoms with Crippen LogP contribution in [-0.2, 0) is 17.9 Å². The van der Waals surface area contributed by atoms with Gasteiger partial charge in [0, 0.05) is 6.54 Å². The Labute approximate surface area is 184 Å². The largest absolute Gasteiger partial charge is 0.351 e. The number of carbonyl (C=O) groups is 1. The van der Waals surface area contributed by atoms with Crippen LogP contribution in [-0.4, -0.2) is 26.4 Å². The molecule has 4 aromatic rings. The molecule has 0 saturated carbocycles. The number of carbonyl (C=O) groups excluding carboxylic acids is 1. The van der Waals surface area contributed by atoms with Crippen molar-refractivity contribution in [2.75, 3.05) is 5.75 Å². The van der Waals surface area contributed by atoms with Crippen LogP contribution in [0.4, 0.5) is 0 Å². The summed E-state index contributed by atoms with van der Waals surface area (Å²) in [5.74, 6) is 1.11. The van der Waals surface area contributed by atoms with E-state index < -0.39 is 0 Å². The summed E-state index contributed by atoms with van der Waals surface area (Å²) in [6.07, 6.45) is 0. The zero-order valence-electron chi connectivity index (χ0n) is 16.6. The molecule has 5 nitrogen and oxygen atoms in total. The molecule has 0 spiro atoms. The van der Waals surface area contributed by atoms with Gasteiger partial charge in [-0.1, -0.05) is 72.4 Å². The van der Waals surface area contributed by atoms with E-state index in [4.69, 9.17) is 0 Å². The van der Waals surface area contributed by atoms with E-state index in [9.17, 15) is 4.79 Å². The molecule has 4 rings (SSSR count). The molecule has 0 aliphatic heterocycles. The first kappa shape index (κ1) is 20.4. The van der Waals surface area contributed by atoms with Gasteiger partial charge in [0.05, 0.1) is 17.2 Å². The number of nitrogens with zero attached hydrogens (tertiary/aromatic N) is 3. The number of rotatable bonds is 8. The molecule has 0 bridgehead atoms. The van der Waals surface area contributed by atoms with Crippen LogP contribution in [0.3, 0.4) is 0 Å². The average Bonchev–Trinajstić information content (AvgIpc) is 3.42. The Kier molecular flexibility index (Phi) is 6.61. The summed E-state index contributed by atoms with van der Waals surface area (Å²) in [6.45, 7) is 3.24. The monoisotopic (exact) mass is 434 g/mol. The Morgan fingerprint density at radius 2 is 1.83 bits per heavy atom. The number of thioether (sulfide) groups is 1. The van der Waals surface area contributed by atoms with Crippen molar-refractivity contribution in [2.45, 2.75) is 25.2 Å². The van der Waals surface area contributed by atoms with Gasteiger partial charge in [0.25, 0.3) is 0 Å². The molecular weight excluding hydrogens is 412 g/mol. The van der Waals surface area contributed by atoms with Crippen molar-refractivity contribution in [3.8, 4) is 10.7 Å². The molecule has 2 heterocycles. The maximum Gasteiger partial charge on any atom is 0.230 e. The van der Waals surface area contributed by atoms with Crippen LogP contribution in [0.25, 0.3) is 10.7 Å². The fourth-order valence-corrected chi connectivity index (χ4v) is 4.56. The lowest BCUT2D eigenvalue weighted by atomic mass is 10.1. The van der Waals surface area contributed by atoms with E-state index in [0.717, 1.165) is 21.4 Å². The van der Waals surface area contributed by atoms with Gasteiger partial charge in [0.2, 0.25) is 5.91 Å². The van der Waals surface area contributed by atoms with Gasteiger partial charge in [-0.25, -0.2) is 0 Å². The van der Waals surface area contributed by atoms with Crippen LogP contribution in [0.2, 0.25) is 0 Å². The Hall–Kier alpha value is -2.90. The van der Waals surface area contributed by atoms with Gasteiger partial charge >= 0.3 is 0 Å². The van der Waals surface area contributed by atoms with Gasteiger partial charge in [-0.15, -0.1) is 21.5 Å². The summed E-state index contributed by atoms with van der Waals surface area (Å²) >= 11 is 3.05. The van der Waals surface area contributed by atoms with Crippen LogP contribution >= 0.6 is 23.1 Å². The summed E-state index contributed by atoms with van der Waals surface area (Å²) in [5, 5.41) is 14.6. The SMILES string of the molecule is Cc1ccccc1CNC(=O)CSc1nnc(-c2cccs2)n1Cc1ccccc1. The highest BCUT2D eigenvalue weighted by molar-refractivity contribution is 7.99. The van der Waals surface area contributed by atoms with E-state index in [1.54, 1.807) is 11.3 Å². The molecule has 152 valence electrons. The molecule has 1 N–H and O–H groups in total. The van der Waals surface area contributed by atoms with Gasteiger partial charge in [-0.05, 0) is 35.1 Å². The number of hydrogen-bond donors (Lipinski definition) is 1. The number of nitrogens with one attached hydrogen (secondary N) is 1. The van der Waals surface area contributed by atoms with E-state index in [-0.39, 0.29) is 5.91 Å². The highest BCUT2D eigenvalue weighted by Crippen LogP contribution is 2.28. The summed E-state index contributed by atoms with van der Waals surface area (Å²) in [6, 6.07) is 22.3. The first-order valence-electron chi connectivity index (χ1n) is 9.65. The van der Waals surface area contributed by atoms with Crippen molar-refractivity contribution < 1.29 is 4.79 Å². The van der Waals surface area contributed by atoms with Crippen molar-refractivity contribution in [1.29, 1.82) is 0 Å². The molecule has 2 aromatic heterocycles. The number of aromatic nitrogens is 3. The minimum Gasteiger partial charge on any atom is -0.351 e. The highest BCUT2D eigenvalue weighted by Gasteiger charge is 2.16. The topological polar surface area (TPSA) is 59.8 Å². The fourth-order valence-electron chi connectivity index (χ4n) is 3.08. The van der Waals surface area contributed by atoms with Crippen molar-refractivity contribution >= 4 is 29.0 Å². The number of hydrogen-bond acceptors (Lipinski definition) is 5. The summed E-state index contributed by atoms with van der Waals surface area (Å²) in [4.78, 5) is 13.5. The van der Waals surface area contributed by atoms with Crippen LogP contribution in [0.5, 0.6) is 0 Å². The lowest BCUT2D eigenvalue weighted by Crippen LogP contribution is -2.25. The fraction of sp³-hybridized carbons (Fsp3) is 0.174. The number of amides is 1. The second kappa shape index (κ2) is 9.73. The minimum absolute atomic E-state index is 0.0183. The van der Waals surface area contributed by atoms with E-state index in [0.29, 0.717) is 18.8 Å². The van der Waals surface area contributed by atoms with Gasteiger partial charge in [-0.3, -0.25) is 9.36 Å². The Balaban J connectivity index is 1.45. The van der Waals surface area contributed by atoms with Gasteiger partial charge in [0.15, 0.2) is 11.0 Å². The molecule has 0 atom stereocenters. The molecule has 1 amide bonds. The van der Waals surface area contributed by atoms with Gasteiger partial charge in [-0.2, -0.15) is 0 Å². The van der Waals surface area contributed by atoms with Gasteiger partial charge in [0.1, 0.15) is 0 Å². The Morgan fingerprint density at radius 1 is 1.03 bits per heavy atom. The third-order valence-corrected chi connectivity index (χ3v) is 6.54. The van der Waals surface area contributed by atoms with Crippen LogP contribution in [0.1, 0.15) is 16.7 Å². The van der Waals surface area contributed by atoms with Crippen molar-refractivity contribution in [3.63, 3.8) is 0 Å². The molecule has 0 aliphatic carbocycles. The normalized spacial score (nSPS) is 10.8. The standard InChI is InChI=1S/C23H22N4OS2/c1-17-8-5-6-11-19(17)14-24-21(28)16-30-23-26-25-22(20-12-7-13-29-20)27(23)15-18-9-3-2-4-10-18/h2-13H,14-16H2,1H3,(H,24,28). The highest BCUT2D eigenvalue weighted by atomic mass is 32.2. The second-order valence-electron chi connectivity index (χ2n) is 6.85. The first-order chi connectivity index (χ1) is 14.7. The quantitative estimate of drug-likeness (QED) is 0.406. The third-order valence-electron chi connectivity index (χ3n) is 4.71. The lowest BCUT2D eigenvalue weighted by molar-refractivity contribution is -0.118. The molecule has 0 saturated heterocycles. The van der Waals surface area contributed by atoms with E-state index in [1.807, 2.05) is 53.9 Å². The number of aryl methyl sites for hydroxylation is 1. The lowest BCUT2D eigenvalue weighted by Gasteiger charge is -2.10. The van der Waals surface area contributed by atoms with Crippen LogP contribution < -0.4 is 5.32 Å². The molecule has 30 heavy (non-hydrogen) atoms. The molecule has 0 fully saturated rings. The minimum atomic E-state index is -0.0183. The maximum atomic E-state index is 12.4. The Bertz CT molecular complexity index is 1110. The molecule has 0 aliphatic rings. The second-order valence-corrected chi connectivity index (χ2v) is 8.74. The summed E-state index contributed by atoms with van der Waals surface area (Å²) in [5.41, 5.74) is 3.47. The maximum absolute atomic E-state index is 12.4. The number of benzene rings is 2. The predicted molar refractivity (Wildman–Crippen MR) is 123 cm³/mol. The molecule has 2 aromatic carbocycles. The molecule has 0 radical (unpaired) electrons. The number of thiophene rings is 1. The van der Waals surface area contributed by atoms with Crippen molar-refractivity contribution in [2.24, 2.45) is 0 Å². The first-order valence-corrected chi connectivity index (χ1v) is 11.5. The zero-order valence-corrected chi connectivity index (χ0v) is 18.2. The molecular formula is C23H22N4OS2. The predicted octanol–water partition coefficient (Wildman–Crippen LogP) is 4.77. The van der Waals surface area contributed by atoms with E-state index >= 15 is 0 Å². The molecule has 7 heteroatoms. The zero-order chi connectivity index (χ0) is 20.8. The Morgan fingerprint density at radius 3 is 2.60 bits per heavy atom. The van der Waals surface area contributed by atoms with Crippen molar-refractivity contribution in [3.05, 3.63) is 88.8 Å². The summed E-state index contributed by atoms with van der Waals surface area (Å²) in [7, 11) is 0. The van der Waals surface area contributed by atoms with Crippen LogP contribution in [0, 0.1) is 6.92 Å². The average molecular weight is 435 g/mol. The summed E-state index contributed by atoms with van der Waals surface area (Å²) < 4.78 is 2.08. The van der Waals surface area contributed by atoms with E-state index in [2.05, 4.69) is 45.2 Å². The smallest absolute Gasteiger partial charge is 0.230 e. The molecule has 0 unspecified atom stereocenters. The van der Waals surface area contributed by atoms with E-state index in [1.165, 1.54) is 22.9 Å².